The van der Waals surface area contributed by atoms with Crippen LogP contribution in [-0.4, -0.2) is 25.7 Å². The van der Waals surface area contributed by atoms with E-state index in [1.807, 2.05) is 0 Å². The van der Waals surface area contributed by atoms with E-state index in [4.69, 9.17) is 0 Å². The molecule has 2 saturated heterocycles. The van der Waals surface area contributed by atoms with Gasteiger partial charge < -0.3 is 10.2 Å². The summed E-state index contributed by atoms with van der Waals surface area (Å²) in [6.07, 6.45) is -3.19. The van der Waals surface area contributed by atoms with Crippen LogP contribution in [0.3, 0.4) is 0 Å². The molecule has 0 bridgehead atoms. The number of hydrogen-bond donors (Lipinski definition) is 1. The highest BCUT2D eigenvalue weighted by atomic mass is 79.9. The summed E-state index contributed by atoms with van der Waals surface area (Å²) in [5, 5.41) is 3.34. The Kier molecular flexibility index (Phi) is 3.25. The highest BCUT2D eigenvalue weighted by molar-refractivity contribution is 9.10. The number of anilines is 1. The molecular formula is C13H14BrF3N2. The van der Waals surface area contributed by atoms with Crippen LogP contribution in [0.1, 0.15) is 12.0 Å². The number of halogens is 4. The maximum Gasteiger partial charge on any atom is 0.416 e. The Balaban J connectivity index is 1.90. The first-order chi connectivity index (χ1) is 8.97. The third-order valence-corrected chi connectivity index (χ3v) is 4.66. The Hall–Kier alpha value is -0.750. The fourth-order valence-corrected chi connectivity index (χ4v) is 3.67. The highest BCUT2D eigenvalue weighted by Gasteiger charge is 2.38. The van der Waals surface area contributed by atoms with Gasteiger partial charge in [0.1, 0.15) is 0 Å². The predicted octanol–water partition coefficient (Wildman–Crippen LogP) is 3.27. The summed E-state index contributed by atoms with van der Waals surface area (Å²) in [7, 11) is 0. The number of fused-ring (bicyclic) bond motifs is 1. The van der Waals surface area contributed by atoms with E-state index in [1.165, 1.54) is 6.07 Å². The second-order valence-electron chi connectivity index (χ2n) is 5.13. The normalized spacial score (nSPS) is 26.8. The van der Waals surface area contributed by atoms with Crippen LogP contribution in [0.25, 0.3) is 0 Å². The lowest BCUT2D eigenvalue weighted by Crippen LogP contribution is -2.34. The number of benzene rings is 1. The van der Waals surface area contributed by atoms with Crippen LogP contribution >= 0.6 is 15.9 Å². The van der Waals surface area contributed by atoms with Crippen LogP contribution in [0.15, 0.2) is 22.7 Å². The molecule has 2 aliphatic rings. The van der Waals surface area contributed by atoms with Crippen molar-refractivity contribution in [2.24, 2.45) is 5.92 Å². The van der Waals surface area contributed by atoms with Crippen molar-refractivity contribution in [2.75, 3.05) is 24.5 Å². The second-order valence-corrected chi connectivity index (χ2v) is 5.99. The lowest BCUT2D eigenvalue weighted by atomic mass is 10.0. The van der Waals surface area contributed by atoms with Crippen molar-refractivity contribution in [2.45, 2.75) is 18.6 Å². The van der Waals surface area contributed by atoms with Gasteiger partial charge in [0.05, 0.1) is 11.3 Å². The maximum absolute atomic E-state index is 12.6. The largest absolute Gasteiger partial charge is 0.416 e. The van der Waals surface area contributed by atoms with Gasteiger partial charge in [0.2, 0.25) is 0 Å². The summed E-state index contributed by atoms with van der Waals surface area (Å²) in [4.78, 5) is 2.22. The Labute approximate surface area is 118 Å². The molecule has 1 N–H and O–H groups in total. The van der Waals surface area contributed by atoms with E-state index in [-0.39, 0.29) is 0 Å². The molecule has 0 aliphatic carbocycles. The topological polar surface area (TPSA) is 15.3 Å². The van der Waals surface area contributed by atoms with Gasteiger partial charge in [-0.15, -0.1) is 0 Å². The smallest absolute Gasteiger partial charge is 0.366 e. The zero-order valence-corrected chi connectivity index (χ0v) is 11.8. The molecule has 0 aromatic heterocycles. The average molecular weight is 335 g/mol. The van der Waals surface area contributed by atoms with E-state index >= 15 is 0 Å². The molecule has 0 amide bonds. The van der Waals surface area contributed by atoms with E-state index < -0.39 is 11.7 Å². The van der Waals surface area contributed by atoms with Gasteiger partial charge in [0, 0.05) is 30.1 Å². The number of nitrogens with zero attached hydrogens (tertiary/aromatic N) is 1. The Morgan fingerprint density at radius 2 is 2.05 bits per heavy atom. The van der Waals surface area contributed by atoms with Gasteiger partial charge in [-0.05, 0) is 46.5 Å². The van der Waals surface area contributed by atoms with Crippen LogP contribution in [0.4, 0.5) is 18.9 Å². The van der Waals surface area contributed by atoms with Crippen molar-refractivity contribution in [1.82, 2.24) is 5.32 Å². The monoisotopic (exact) mass is 334 g/mol. The highest BCUT2D eigenvalue weighted by Crippen LogP contribution is 2.39. The molecule has 0 radical (unpaired) electrons. The number of alkyl halides is 3. The second kappa shape index (κ2) is 4.66. The first-order valence-corrected chi connectivity index (χ1v) is 7.10. The average Bonchev–Trinajstić information content (AvgIpc) is 2.90. The van der Waals surface area contributed by atoms with Crippen molar-refractivity contribution in [3.05, 3.63) is 28.2 Å². The van der Waals surface area contributed by atoms with Gasteiger partial charge in [-0.1, -0.05) is 0 Å². The number of nitrogens with one attached hydrogen (secondary N) is 1. The van der Waals surface area contributed by atoms with Crippen LogP contribution < -0.4 is 10.2 Å². The third-order valence-electron chi connectivity index (χ3n) is 4.03. The van der Waals surface area contributed by atoms with Crippen LogP contribution in [0.2, 0.25) is 0 Å². The molecule has 6 heteroatoms. The zero-order chi connectivity index (χ0) is 13.6. The van der Waals surface area contributed by atoms with E-state index in [1.54, 1.807) is 6.07 Å². The molecule has 2 aliphatic heterocycles. The minimum absolute atomic E-state index is 0.410. The summed E-state index contributed by atoms with van der Waals surface area (Å²) in [6, 6.07) is 4.32. The fourth-order valence-electron chi connectivity index (χ4n) is 3.06. The van der Waals surface area contributed by atoms with E-state index in [0.29, 0.717) is 16.4 Å². The van der Waals surface area contributed by atoms with Crippen LogP contribution in [-0.2, 0) is 6.18 Å². The minimum Gasteiger partial charge on any atom is -0.366 e. The molecule has 1 aromatic rings. The summed E-state index contributed by atoms with van der Waals surface area (Å²) in [5.74, 6) is 0.620. The number of hydrogen-bond acceptors (Lipinski definition) is 2. The molecule has 2 nitrogen and oxygen atoms in total. The van der Waals surface area contributed by atoms with E-state index in [0.717, 1.165) is 37.8 Å². The van der Waals surface area contributed by atoms with Gasteiger partial charge in [-0.25, -0.2) is 0 Å². The molecule has 2 fully saturated rings. The Morgan fingerprint density at radius 3 is 2.74 bits per heavy atom. The van der Waals surface area contributed by atoms with E-state index in [9.17, 15) is 13.2 Å². The quantitative estimate of drug-likeness (QED) is 0.848. The zero-order valence-electron chi connectivity index (χ0n) is 10.2. The molecule has 1 aromatic carbocycles. The van der Waals surface area contributed by atoms with Gasteiger partial charge >= 0.3 is 6.18 Å². The SMILES string of the molecule is FC(F)(F)c1ccc(N2CC[C@H]3CNC[C@H]32)c(Br)c1. The predicted molar refractivity (Wildman–Crippen MR) is 71.3 cm³/mol. The van der Waals surface area contributed by atoms with E-state index in [2.05, 4.69) is 26.1 Å². The molecule has 3 rings (SSSR count). The summed E-state index contributed by atoms with van der Waals surface area (Å²) < 4.78 is 38.5. The van der Waals surface area contributed by atoms with Gasteiger partial charge in [0.25, 0.3) is 0 Å². The van der Waals surface area contributed by atoms with Crippen LogP contribution in [0, 0.1) is 5.92 Å². The Morgan fingerprint density at radius 1 is 1.26 bits per heavy atom. The lowest BCUT2D eigenvalue weighted by molar-refractivity contribution is -0.137. The standard InChI is InChI=1S/C13H14BrF3N2/c14-10-5-9(13(15,16)17)1-2-11(10)19-4-3-8-6-18-7-12(8)19/h1-2,5,8,12,18H,3-4,6-7H2/t8-,12+/m0/s1. The molecule has 0 spiro atoms. The first kappa shape index (κ1) is 13.2. The molecule has 0 saturated carbocycles. The van der Waals surface area contributed by atoms with Crippen molar-refractivity contribution in [3.8, 4) is 0 Å². The minimum atomic E-state index is -4.29. The lowest BCUT2D eigenvalue weighted by Gasteiger charge is -2.27. The van der Waals surface area contributed by atoms with Gasteiger partial charge in [-0.2, -0.15) is 13.2 Å². The van der Waals surface area contributed by atoms with Gasteiger partial charge in [-0.3, -0.25) is 0 Å². The fraction of sp³-hybridized carbons (Fsp3) is 0.538. The number of rotatable bonds is 1. The first-order valence-electron chi connectivity index (χ1n) is 6.31. The van der Waals surface area contributed by atoms with Crippen molar-refractivity contribution >= 4 is 21.6 Å². The summed E-state index contributed by atoms with van der Waals surface area (Å²) in [6.45, 7) is 2.85. The molecule has 2 heterocycles. The van der Waals surface area contributed by atoms with Crippen LogP contribution in [0.5, 0.6) is 0 Å². The molecule has 2 atom stereocenters. The molecular weight excluding hydrogens is 321 g/mol. The molecule has 0 unspecified atom stereocenters. The molecule has 19 heavy (non-hydrogen) atoms. The summed E-state index contributed by atoms with van der Waals surface area (Å²) >= 11 is 3.28. The van der Waals surface area contributed by atoms with Gasteiger partial charge in [0.15, 0.2) is 0 Å². The van der Waals surface area contributed by atoms with Crippen molar-refractivity contribution < 1.29 is 13.2 Å². The maximum atomic E-state index is 12.6. The third kappa shape index (κ3) is 2.36. The van der Waals surface area contributed by atoms with Crippen molar-refractivity contribution in [1.29, 1.82) is 0 Å². The molecule has 104 valence electrons. The van der Waals surface area contributed by atoms with Crippen molar-refractivity contribution in [3.63, 3.8) is 0 Å². The summed E-state index contributed by atoms with van der Waals surface area (Å²) in [5.41, 5.74) is 0.257. The Bertz CT molecular complexity index is 489.